The van der Waals surface area contributed by atoms with Gasteiger partial charge in [0.15, 0.2) is 0 Å². The van der Waals surface area contributed by atoms with Gasteiger partial charge in [-0.15, -0.1) is 0 Å². The van der Waals surface area contributed by atoms with Crippen LogP contribution in [-0.2, 0) is 5.41 Å². The maximum absolute atomic E-state index is 2.47. The second kappa shape index (κ2) is 11.1. The number of aryl methyl sites for hydroxylation is 2. The van der Waals surface area contributed by atoms with Gasteiger partial charge in [0.05, 0.1) is 0 Å². The van der Waals surface area contributed by atoms with Crippen LogP contribution in [-0.4, -0.2) is 0 Å². The predicted molar refractivity (Wildman–Crippen MR) is 203 cm³/mol. The zero-order valence-electron chi connectivity index (χ0n) is 27.7. The van der Waals surface area contributed by atoms with E-state index in [0.717, 1.165) is 0 Å². The monoisotopic (exact) mass is 614 g/mol. The van der Waals surface area contributed by atoms with Crippen LogP contribution in [0.4, 0.5) is 0 Å². The molecular formula is C48H38. The Bertz CT molecular complexity index is 2280. The number of allylic oxidation sites excluding steroid dienone is 1. The maximum atomic E-state index is 2.47. The molecule has 7 aromatic carbocycles. The predicted octanol–water partition coefficient (Wildman–Crippen LogP) is 12.4. The number of fused-ring (bicyclic) bond motifs is 5. The Balaban J connectivity index is 1.35. The van der Waals surface area contributed by atoms with E-state index in [1.165, 1.54) is 83.1 Å². The molecule has 0 heteroatoms. The van der Waals surface area contributed by atoms with Crippen molar-refractivity contribution in [3.05, 3.63) is 208 Å². The zero-order chi connectivity index (χ0) is 32.4. The average Bonchev–Trinajstić information content (AvgIpc) is 3.62. The molecule has 0 aliphatic heterocycles. The molecule has 9 rings (SSSR count). The van der Waals surface area contributed by atoms with Gasteiger partial charge in [-0.3, -0.25) is 0 Å². The van der Waals surface area contributed by atoms with E-state index in [4.69, 9.17) is 0 Å². The molecule has 0 saturated heterocycles. The van der Waals surface area contributed by atoms with Crippen molar-refractivity contribution in [2.75, 3.05) is 0 Å². The number of benzene rings is 7. The molecule has 0 radical (unpaired) electrons. The minimum absolute atomic E-state index is 0.115. The molecule has 0 nitrogen and oxygen atoms in total. The molecule has 7 aromatic rings. The molecule has 0 aromatic heterocycles. The van der Waals surface area contributed by atoms with E-state index in [2.05, 4.69) is 185 Å². The summed E-state index contributed by atoms with van der Waals surface area (Å²) in [6, 6.07) is 59.6. The molecule has 0 heterocycles. The summed E-state index contributed by atoms with van der Waals surface area (Å²) in [6.07, 6.45) is 2.47. The summed E-state index contributed by atoms with van der Waals surface area (Å²) < 4.78 is 0. The largest absolute Gasteiger partial charge is 0.0639 e. The highest BCUT2D eigenvalue weighted by Crippen LogP contribution is 2.64. The average molecular weight is 615 g/mol. The topological polar surface area (TPSA) is 0 Å². The van der Waals surface area contributed by atoms with Crippen molar-refractivity contribution in [1.29, 1.82) is 0 Å². The van der Waals surface area contributed by atoms with E-state index in [-0.39, 0.29) is 11.8 Å². The van der Waals surface area contributed by atoms with E-state index < -0.39 is 5.41 Å². The van der Waals surface area contributed by atoms with Gasteiger partial charge in [-0.2, -0.15) is 0 Å². The Hall–Kier alpha value is -5.46. The summed E-state index contributed by atoms with van der Waals surface area (Å²) >= 11 is 0. The molecule has 1 unspecified atom stereocenters. The Morgan fingerprint density at radius 1 is 0.438 bits per heavy atom. The van der Waals surface area contributed by atoms with E-state index in [1.807, 2.05) is 0 Å². The van der Waals surface area contributed by atoms with Gasteiger partial charge >= 0.3 is 0 Å². The summed E-state index contributed by atoms with van der Waals surface area (Å²) in [6.45, 7) is 6.85. The third-order valence-corrected chi connectivity index (χ3v) is 11.1. The van der Waals surface area contributed by atoms with Crippen LogP contribution in [0.2, 0.25) is 0 Å². The second-order valence-corrected chi connectivity index (χ2v) is 13.9. The molecule has 1 atom stereocenters. The molecule has 0 saturated carbocycles. The van der Waals surface area contributed by atoms with Crippen LogP contribution in [0, 0.1) is 13.8 Å². The molecule has 230 valence electrons. The highest BCUT2D eigenvalue weighted by atomic mass is 14.6. The van der Waals surface area contributed by atoms with E-state index in [0.29, 0.717) is 0 Å². The summed E-state index contributed by atoms with van der Waals surface area (Å²) in [5.41, 5.74) is 17.2. The van der Waals surface area contributed by atoms with Crippen LogP contribution in [0.3, 0.4) is 0 Å². The first-order valence-corrected chi connectivity index (χ1v) is 17.2. The maximum Gasteiger partial charge on any atom is 0.0418 e. The van der Waals surface area contributed by atoms with Gasteiger partial charge in [-0.25, -0.2) is 0 Å². The quantitative estimate of drug-likeness (QED) is 0.181. The Labute approximate surface area is 284 Å². The van der Waals surface area contributed by atoms with Crippen molar-refractivity contribution < 1.29 is 0 Å². The summed E-state index contributed by atoms with van der Waals surface area (Å²) in [5.74, 6) is 0.243. The molecule has 48 heavy (non-hydrogen) atoms. The van der Waals surface area contributed by atoms with Crippen molar-refractivity contribution in [3.63, 3.8) is 0 Å². The number of rotatable bonds is 5. The lowest BCUT2D eigenvalue weighted by atomic mass is 9.54. The highest BCUT2D eigenvalue weighted by molar-refractivity contribution is 5.97. The smallest absolute Gasteiger partial charge is 0.0418 e. The Kier molecular flexibility index (Phi) is 6.63. The van der Waals surface area contributed by atoms with Gasteiger partial charge in [-0.1, -0.05) is 174 Å². The van der Waals surface area contributed by atoms with Crippen molar-refractivity contribution in [2.24, 2.45) is 0 Å². The Morgan fingerprint density at radius 3 is 1.67 bits per heavy atom. The van der Waals surface area contributed by atoms with Crippen LogP contribution in [0.5, 0.6) is 0 Å². The fraction of sp³-hybridized carbons (Fsp3) is 0.125. The molecule has 0 N–H and O–H groups in total. The lowest BCUT2D eigenvalue weighted by Gasteiger charge is -2.47. The van der Waals surface area contributed by atoms with Gasteiger partial charge in [0.1, 0.15) is 0 Å². The molecule has 0 amide bonds. The molecule has 0 spiro atoms. The molecule has 0 fully saturated rings. The number of hydrogen-bond acceptors (Lipinski definition) is 0. The second-order valence-electron chi connectivity index (χ2n) is 13.9. The van der Waals surface area contributed by atoms with Crippen molar-refractivity contribution in [1.82, 2.24) is 0 Å². The highest BCUT2D eigenvalue weighted by Gasteiger charge is 2.54. The normalized spacial score (nSPS) is 15.2. The van der Waals surface area contributed by atoms with Crippen LogP contribution >= 0.6 is 0 Å². The fourth-order valence-electron chi connectivity index (χ4n) is 9.20. The van der Waals surface area contributed by atoms with Crippen LogP contribution in [0.1, 0.15) is 63.3 Å². The van der Waals surface area contributed by atoms with E-state index in [1.54, 1.807) is 0 Å². The van der Waals surface area contributed by atoms with Gasteiger partial charge in [0.25, 0.3) is 0 Å². The summed E-state index contributed by atoms with van der Waals surface area (Å²) in [7, 11) is 0. The summed E-state index contributed by atoms with van der Waals surface area (Å²) in [4.78, 5) is 0. The zero-order valence-corrected chi connectivity index (χ0v) is 27.7. The van der Waals surface area contributed by atoms with Crippen LogP contribution in [0.25, 0.3) is 39.1 Å². The third-order valence-electron chi connectivity index (χ3n) is 11.1. The van der Waals surface area contributed by atoms with Gasteiger partial charge in [0, 0.05) is 17.3 Å². The van der Waals surface area contributed by atoms with Crippen molar-refractivity contribution in [3.8, 4) is 22.3 Å². The summed E-state index contributed by atoms with van der Waals surface area (Å²) in [5, 5.41) is 2.57. The van der Waals surface area contributed by atoms with Crippen molar-refractivity contribution >= 4 is 16.8 Å². The minimum atomic E-state index is -0.406. The third kappa shape index (κ3) is 4.22. The van der Waals surface area contributed by atoms with E-state index in [9.17, 15) is 0 Å². The molecular weight excluding hydrogens is 577 g/mol. The Morgan fingerprint density at radius 2 is 1.02 bits per heavy atom. The molecule has 0 bridgehead atoms. The lowest BCUT2D eigenvalue weighted by molar-refractivity contribution is 0.405. The van der Waals surface area contributed by atoms with Gasteiger partial charge < -0.3 is 0 Å². The first-order chi connectivity index (χ1) is 23.5. The fourth-order valence-corrected chi connectivity index (χ4v) is 9.20. The van der Waals surface area contributed by atoms with Crippen molar-refractivity contribution in [2.45, 2.75) is 38.0 Å². The van der Waals surface area contributed by atoms with Crippen LogP contribution in [0.15, 0.2) is 163 Å². The standard InChI is InChI=1S/C48H38/c1-31-21-24-42-43-25-22-32(2)28-45(43)47(44(42)27-31)48(37-15-6-4-7-16-37,38-17-8-5-9-18-38)46-33(3)29-36-30-35(23-26-41(36)46)40-20-12-14-34-13-10-11-19-39(34)40/h4-30,46-47H,1-3H3. The molecule has 2 aliphatic rings. The van der Waals surface area contributed by atoms with Crippen LogP contribution < -0.4 is 0 Å². The first-order valence-electron chi connectivity index (χ1n) is 17.2. The van der Waals surface area contributed by atoms with Gasteiger partial charge in [0.2, 0.25) is 0 Å². The van der Waals surface area contributed by atoms with Gasteiger partial charge in [-0.05, 0) is 93.2 Å². The lowest BCUT2D eigenvalue weighted by Crippen LogP contribution is -2.41. The SMILES string of the molecule is CC1=Cc2cc(-c3cccc4ccccc34)ccc2C1C(c1ccccc1)(c1ccccc1)C1c2cc(C)ccc2-c2ccc(C)cc21. The molecule has 2 aliphatic carbocycles. The number of hydrogen-bond donors (Lipinski definition) is 0. The first kappa shape index (κ1) is 28.7. The minimum Gasteiger partial charge on any atom is -0.0639 e. The van der Waals surface area contributed by atoms with E-state index >= 15 is 0 Å².